The molecule has 6 nitrogen and oxygen atoms in total. The molecule has 0 amide bonds. The molecule has 0 aromatic carbocycles. The lowest BCUT2D eigenvalue weighted by Crippen LogP contribution is -2.61. The van der Waals surface area contributed by atoms with Crippen LogP contribution in [-0.4, -0.2) is 17.8 Å². The highest BCUT2D eigenvalue weighted by Gasteiger charge is 2.78. The molecule has 2 heterocycles. The zero-order valence-corrected chi connectivity index (χ0v) is 11.7. The molecule has 0 aliphatic carbocycles. The van der Waals surface area contributed by atoms with Crippen LogP contribution in [0.3, 0.4) is 0 Å². The van der Waals surface area contributed by atoms with Crippen LogP contribution in [0.2, 0.25) is 0 Å². The van der Waals surface area contributed by atoms with Crippen LogP contribution in [0, 0.1) is 56.2 Å². The van der Waals surface area contributed by atoms with Gasteiger partial charge in [-0.2, -0.15) is 15.8 Å². The Bertz CT molecular complexity index is 567. The fraction of sp³-hybridized carbons (Fsp3) is 0.714. The van der Waals surface area contributed by atoms with E-state index in [1.807, 2.05) is 25.1 Å². The first kappa shape index (κ1) is 14.3. The Morgan fingerprint density at radius 2 is 1.80 bits per heavy atom. The van der Waals surface area contributed by atoms with Gasteiger partial charge in [-0.3, -0.25) is 5.41 Å². The summed E-state index contributed by atoms with van der Waals surface area (Å²) in [5, 5.41) is 37.0. The lowest BCUT2D eigenvalue weighted by molar-refractivity contribution is -0.277. The van der Waals surface area contributed by atoms with Crippen LogP contribution in [0.5, 0.6) is 0 Å². The first-order valence-electron chi connectivity index (χ1n) is 6.64. The van der Waals surface area contributed by atoms with E-state index < -0.39 is 28.6 Å². The molecule has 0 saturated carbocycles. The van der Waals surface area contributed by atoms with E-state index in [0.29, 0.717) is 12.8 Å². The molecule has 1 N–H and O–H groups in total. The largest absolute Gasteiger partial charge is 0.447 e. The summed E-state index contributed by atoms with van der Waals surface area (Å²) in [5.74, 6) is -1.97. The molecule has 104 valence electrons. The predicted octanol–water partition coefficient (Wildman–Crippen LogP) is 2.09. The third kappa shape index (κ3) is 1.17. The summed E-state index contributed by atoms with van der Waals surface area (Å²) in [4.78, 5) is 0. The predicted molar refractivity (Wildman–Crippen MR) is 67.9 cm³/mol. The maximum atomic E-state index is 9.70. The van der Waals surface area contributed by atoms with Gasteiger partial charge in [0.1, 0.15) is 0 Å². The monoisotopic (exact) mass is 272 g/mol. The maximum Gasteiger partial charge on any atom is 0.216 e. The van der Waals surface area contributed by atoms with Gasteiger partial charge in [-0.25, -0.2) is 0 Å². The second-order valence-electron chi connectivity index (χ2n) is 5.28. The minimum Gasteiger partial charge on any atom is -0.447 e. The Morgan fingerprint density at radius 3 is 2.20 bits per heavy atom. The summed E-state index contributed by atoms with van der Waals surface area (Å²) in [6.07, 6.45) is 0.0927. The van der Waals surface area contributed by atoms with Gasteiger partial charge in [-0.05, 0) is 6.42 Å². The van der Waals surface area contributed by atoms with Crippen LogP contribution in [0.1, 0.15) is 33.6 Å². The van der Waals surface area contributed by atoms with Crippen molar-refractivity contribution in [1.29, 1.82) is 21.2 Å². The number of hydrogen-bond donors (Lipinski definition) is 1. The quantitative estimate of drug-likeness (QED) is 0.826. The van der Waals surface area contributed by atoms with Gasteiger partial charge in [0.25, 0.3) is 0 Å². The number of nitrogens with one attached hydrogen (secondary N) is 1. The third-order valence-corrected chi connectivity index (χ3v) is 4.78. The van der Waals surface area contributed by atoms with E-state index in [9.17, 15) is 15.8 Å². The molecule has 2 aliphatic heterocycles. The average molecular weight is 272 g/mol. The van der Waals surface area contributed by atoms with E-state index in [4.69, 9.17) is 14.9 Å². The lowest BCUT2D eigenvalue weighted by Gasteiger charge is -2.48. The maximum absolute atomic E-state index is 9.70. The van der Waals surface area contributed by atoms with Crippen LogP contribution >= 0.6 is 0 Å². The smallest absolute Gasteiger partial charge is 0.216 e. The molecular formula is C14H16N4O2. The molecule has 2 aliphatic rings. The van der Waals surface area contributed by atoms with Gasteiger partial charge in [-0.1, -0.05) is 20.8 Å². The van der Waals surface area contributed by atoms with Gasteiger partial charge < -0.3 is 9.47 Å². The fourth-order valence-electron chi connectivity index (χ4n) is 3.53. The molecule has 6 heteroatoms. The molecule has 0 spiro atoms. The molecule has 2 rings (SSSR count). The molecule has 0 radical (unpaired) electrons. The van der Waals surface area contributed by atoms with Crippen LogP contribution < -0.4 is 0 Å². The molecule has 2 saturated heterocycles. The molecular weight excluding hydrogens is 256 g/mol. The Morgan fingerprint density at radius 1 is 1.20 bits per heavy atom. The minimum atomic E-state index is -1.72. The van der Waals surface area contributed by atoms with Crippen molar-refractivity contribution in [3.63, 3.8) is 0 Å². The summed E-state index contributed by atoms with van der Waals surface area (Å²) in [6.45, 7) is 5.35. The molecule has 0 aromatic heterocycles. The van der Waals surface area contributed by atoms with Gasteiger partial charge in [0.2, 0.25) is 11.7 Å². The van der Waals surface area contributed by atoms with Crippen LogP contribution in [0.25, 0.3) is 0 Å². The highest BCUT2D eigenvalue weighted by Crippen LogP contribution is 2.63. The second kappa shape index (κ2) is 4.20. The number of ether oxygens (including phenoxy) is 2. The fourth-order valence-corrected chi connectivity index (χ4v) is 3.53. The Kier molecular flexibility index (Phi) is 3.00. The summed E-state index contributed by atoms with van der Waals surface area (Å²) >= 11 is 0. The standard InChI is InChI=1S/C14H16N4O2/c1-4-10-12(6-15,7-16)13(8-17)9(3)14(5-2,19-10)20-11(13)18/h9-10,18H,4-5H2,1-3H3. The summed E-state index contributed by atoms with van der Waals surface area (Å²) in [7, 11) is 0. The van der Waals surface area contributed by atoms with Gasteiger partial charge >= 0.3 is 0 Å². The lowest BCUT2D eigenvalue weighted by atomic mass is 9.54. The molecule has 4 unspecified atom stereocenters. The summed E-state index contributed by atoms with van der Waals surface area (Å²) in [5.41, 5.74) is -3.30. The Balaban J connectivity index is 2.80. The number of hydrogen-bond acceptors (Lipinski definition) is 6. The van der Waals surface area contributed by atoms with Crippen molar-refractivity contribution in [3.8, 4) is 18.2 Å². The topological polar surface area (TPSA) is 114 Å². The average Bonchev–Trinajstić information content (AvgIpc) is 2.63. The van der Waals surface area contributed by atoms with Gasteiger partial charge in [0.15, 0.2) is 10.8 Å². The van der Waals surface area contributed by atoms with Crippen molar-refractivity contribution >= 4 is 5.90 Å². The zero-order valence-electron chi connectivity index (χ0n) is 11.7. The third-order valence-electron chi connectivity index (χ3n) is 4.78. The van der Waals surface area contributed by atoms with E-state index in [1.54, 1.807) is 13.8 Å². The first-order valence-corrected chi connectivity index (χ1v) is 6.64. The van der Waals surface area contributed by atoms with E-state index >= 15 is 0 Å². The minimum absolute atomic E-state index is 0.326. The number of nitrogens with zero attached hydrogens (tertiary/aromatic N) is 3. The number of rotatable bonds is 2. The summed E-state index contributed by atoms with van der Waals surface area (Å²) < 4.78 is 11.5. The first-order chi connectivity index (χ1) is 9.44. The van der Waals surface area contributed by atoms with Crippen molar-refractivity contribution in [2.75, 3.05) is 0 Å². The van der Waals surface area contributed by atoms with Crippen LogP contribution in [0.15, 0.2) is 0 Å². The van der Waals surface area contributed by atoms with Crippen molar-refractivity contribution in [3.05, 3.63) is 0 Å². The van der Waals surface area contributed by atoms with Crippen LogP contribution in [0.4, 0.5) is 0 Å². The Hall–Kier alpha value is -2.10. The number of fused-ring (bicyclic) bond motifs is 2. The number of nitriles is 3. The molecule has 2 bridgehead atoms. The van der Waals surface area contributed by atoms with Crippen molar-refractivity contribution in [1.82, 2.24) is 0 Å². The van der Waals surface area contributed by atoms with Gasteiger partial charge in [0.05, 0.1) is 30.2 Å². The second-order valence-corrected chi connectivity index (χ2v) is 5.28. The summed E-state index contributed by atoms with van der Waals surface area (Å²) in [6, 6.07) is 5.97. The van der Waals surface area contributed by atoms with Crippen molar-refractivity contribution in [2.45, 2.75) is 45.5 Å². The highest BCUT2D eigenvalue weighted by molar-refractivity contribution is 5.89. The highest BCUT2D eigenvalue weighted by atomic mass is 16.7. The van der Waals surface area contributed by atoms with E-state index in [2.05, 4.69) is 0 Å². The van der Waals surface area contributed by atoms with E-state index in [1.165, 1.54) is 0 Å². The zero-order chi connectivity index (χ0) is 15.2. The van der Waals surface area contributed by atoms with Gasteiger partial charge in [-0.15, -0.1) is 0 Å². The normalized spacial score (nSPS) is 41.1. The molecule has 4 atom stereocenters. The molecule has 20 heavy (non-hydrogen) atoms. The van der Waals surface area contributed by atoms with E-state index in [0.717, 1.165) is 0 Å². The SMILES string of the molecule is CCC1OC2(CC)OC(=N)C(C#N)(C2C)C1(C#N)C#N. The van der Waals surface area contributed by atoms with Gasteiger partial charge in [0, 0.05) is 6.42 Å². The van der Waals surface area contributed by atoms with E-state index in [-0.39, 0.29) is 5.90 Å². The molecule has 0 aromatic rings. The Labute approximate surface area is 118 Å². The van der Waals surface area contributed by atoms with Crippen molar-refractivity contribution < 1.29 is 9.47 Å². The van der Waals surface area contributed by atoms with Crippen molar-refractivity contribution in [2.24, 2.45) is 16.7 Å². The van der Waals surface area contributed by atoms with Crippen LogP contribution in [-0.2, 0) is 9.47 Å². The molecule has 2 fully saturated rings.